The summed E-state index contributed by atoms with van der Waals surface area (Å²) < 4.78 is 1.22. The lowest BCUT2D eigenvalue weighted by atomic mass is 9.80. The van der Waals surface area contributed by atoms with Crippen LogP contribution in [0.25, 0.3) is 197 Å². The molecule has 0 unspecified atom stereocenters. The number of hydrogen-bond acceptors (Lipinski definition) is 2. The first-order valence-corrected chi connectivity index (χ1v) is 53.4. The molecule has 0 saturated carbocycles. The van der Waals surface area contributed by atoms with Crippen molar-refractivity contribution in [3.63, 3.8) is 0 Å². The Morgan fingerprint density at radius 3 is 0.977 bits per heavy atom. The predicted molar refractivity (Wildman–Crippen MR) is 569 cm³/mol. The first-order valence-electron chi connectivity index (χ1n) is 47.2. The van der Waals surface area contributed by atoms with E-state index in [0.29, 0.717) is 0 Å². The van der Waals surface area contributed by atoms with Crippen LogP contribution in [-0.4, -0.2) is 21.1 Å². The summed E-state index contributed by atoms with van der Waals surface area (Å²) in [7, 11) is -3.38. The zero-order valence-electron chi connectivity index (χ0n) is 76.3. The van der Waals surface area contributed by atoms with E-state index in [0.717, 1.165) is 10.5 Å². The lowest BCUT2D eigenvalue weighted by molar-refractivity contribution is 0.660. The summed E-state index contributed by atoms with van der Waals surface area (Å²) >= 11 is 1.79. The van der Waals surface area contributed by atoms with Gasteiger partial charge in [0.25, 0.3) is 0 Å². The number of aromatic nitrogens is 1. The molecule has 0 N–H and O–H groups in total. The molecular formula is C127H101NSSi2. The van der Waals surface area contributed by atoms with Crippen LogP contribution in [0.1, 0.15) is 104 Å². The number of hydrogen-bond donors (Lipinski definition) is 0. The fraction of sp³-hybridized carbons (Fsp3) is 0.142. The molecule has 3 aliphatic carbocycles. The first kappa shape index (κ1) is 79.4. The minimum atomic E-state index is -1.72. The van der Waals surface area contributed by atoms with Gasteiger partial charge in [0.15, 0.2) is 0 Å². The van der Waals surface area contributed by atoms with Crippen molar-refractivity contribution in [1.82, 2.24) is 4.98 Å². The molecule has 628 valence electrons. The maximum Gasteiger partial charge on any atom is 0.125 e. The summed E-state index contributed by atoms with van der Waals surface area (Å²) in [6.07, 6.45) is 2.76. The molecule has 4 heteroatoms. The summed E-state index contributed by atoms with van der Waals surface area (Å²) in [6.45, 7) is 25.9. The van der Waals surface area contributed by atoms with E-state index in [1.165, 1.54) is 261 Å². The first-order chi connectivity index (χ1) is 63.8. The molecule has 1 saturated heterocycles. The van der Waals surface area contributed by atoms with Crippen molar-refractivity contribution in [2.75, 3.05) is 0 Å². The Bertz CT molecular complexity index is 8490. The average molecular weight is 1730 g/mol. The van der Waals surface area contributed by atoms with Gasteiger partial charge in [0.1, 0.15) is 21.2 Å². The fourth-order valence-corrected chi connectivity index (χ4v) is 35.2. The van der Waals surface area contributed by atoms with Gasteiger partial charge in [-0.05, 0) is 287 Å². The van der Waals surface area contributed by atoms with Gasteiger partial charge >= 0.3 is 0 Å². The van der Waals surface area contributed by atoms with Crippen molar-refractivity contribution in [2.24, 2.45) is 0 Å². The lowest BCUT2D eigenvalue weighted by Crippen LogP contribution is -2.52. The minimum absolute atomic E-state index is 0.0373. The second kappa shape index (κ2) is 29.4. The summed E-state index contributed by atoms with van der Waals surface area (Å²) in [4.78, 5) is 5.13. The lowest BCUT2D eigenvalue weighted by Gasteiger charge is -2.24. The van der Waals surface area contributed by atoms with E-state index >= 15 is 0 Å². The van der Waals surface area contributed by atoms with Gasteiger partial charge in [0, 0.05) is 21.8 Å². The summed E-state index contributed by atoms with van der Waals surface area (Å²) in [5.74, 6) is 0. The molecule has 1 aromatic heterocycles. The van der Waals surface area contributed by atoms with Crippen LogP contribution in [0.5, 0.6) is 0 Å². The third kappa shape index (κ3) is 11.6. The number of aryl methyl sites for hydroxylation is 3. The quantitative estimate of drug-likeness (QED) is 0.119. The highest BCUT2D eigenvalue weighted by atomic mass is 32.1. The van der Waals surface area contributed by atoms with Crippen LogP contribution in [0.2, 0.25) is 25.2 Å². The van der Waals surface area contributed by atoms with Gasteiger partial charge < -0.3 is 0 Å². The van der Waals surface area contributed by atoms with Crippen molar-refractivity contribution in [2.45, 2.75) is 117 Å². The molecule has 1 spiro atoms. The molecule has 0 bridgehead atoms. The summed E-state index contributed by atoms with van der Waals surface area (Å²) in [5, 5.41) is 23.3. The molecule has 0 amide bonds. The number of para-hydroxylation sites is 1. The molecule has 1 fully saturated rings. The predicted octanol–water partition coefficient (Wildman–Crippen LogP) is 32.6. The Morgan fingerprint density at radius 1 is 0.237 bits per heavy atom. The van der Waals surface area contributed by atoms with Gasteiger partial charge in [-0.15, -0.1) is 11.3 Å². The number of thiazole rings is 1. The van der Waals surface area contributed by atoms with Gasteiger partial charge in [0.05, 0.1) is 10.2 Å². The monoisotopic (exact) mass is 1730 g/mol. The summed E-state index contributed by atoms with van der Waals surface area (Å²) in [6, 6.07) is 141. The van der Waals surface area contributed by atoms with E-state index in [1.807, 2.05) is 0 Å². The highest BCUT2D eigenvalue weighted by Crippen LogP contribution is 2.60. The maximum atomic E-state index is 5.13. The highest BCUT2D eigenvalue weighted by Gasteiger charge is 2.48. The smallest absolute Gasteiger partial charge is 0.125 e. The van der Waals surface area contributed by atoms with Crippen LogP contribution < -0.4 is 20.7 Å². The summed E-state index contributed by atoms with van der Waals surface area (Å²) in [5.41, 5.74) is 42.0. The van der Waals surface area contributed by atoms with E-state index in [1.54, 1.807) is 32.1 Å². The Labute approximate surface area is 774 Å². The molecule has 4 heterocycles. The average Bonchev–Trinajstić information content (AvgIpc) is 1.65. The molecular weight excluding hydrogens is 1630 g/mol. The number of rotatable bonds is 6. The van der Waals surface area contributed by atoms with Crippen LogP contribution in [0.3, 0.4) is 0 Å². The third-order valence-corrected chi connectivity index (χ3v) is 41.5. The molecule has 6 aliphatic rings. The van der Waals surface area contributed by atoms with Gasteiger partial charge in [-0.1, -0.05) is 424 Å². The van der Waals surface area contributed by atoms with E-state index in [9.17, 15) is 0 Å². The molecule has 0 atom stereocenters. The maximum absolute atomic E-state index is 5.13. The van der Waals surface area contributed by atoms with E-state index < -0.39 is 16.1 Å². The van der Waals surface area contributed by atoms with Crippen molar-refractivity contribution in [1.29, 1.82) is 0 Å². The Balaban J connectivity index is 0.000000106. The van der Waals surface area contributed by atoms with Crippen LogP contribution in [-0.2, 0) is 16.2 Å². The SMILES string of the molecule is Cc1ccc2c(-c3ccc4c(c3)-c3ccccc3[Si]4(C)C)c3ccccc3c(-c3cccc4c3-c3ccccc3C4(C)C)c2c1.Cc1ccc2c(-c3ccc4c(c3)-c3ccccc3[Si]43CCCC3)c3ccccc3c(-c3cccc4c3-c3ccccc3C4(C)C)c2c1.Cc1ccc2c(-c3nc4ccccc4s3)c3ccccc3c(-c3cccc4c3-c3ccccc3C4(C)C)c2c1. The van der Waals surface area contributed by atoms with Crippen molar-refractivity contribution < 1.29 is 0 Å². The Morgan fingerprint density at radius 2 is 0.542 bits per heavy atom. The standard InChI is InChI=1S/C46H38Si.C44H36Si.C37H27NS/c1-29-21-23-34-38(27-29)44(36-17-12-19-40-45(36)35-16-6-8-18-39(35)46(40,2)3)33-15-5-4-14-32(33)43(34)30-22-24-42-37(28-30)31-13-7-9-20-41(31)47(42)25-10-11-26-47;1-27-21-23-32-36(25-27)42(34-17-12-19-38-43(34)33-16-8-10-18-37(33)44(38,2)3)31-15-7-6-14-30(31)41(32)28-22-24-40-35(26-28)29-13-9-11-20-39(29)45(40,4)5;1-22-19-20-25-28(21-22)33(27-14-10-16-30-34(27)26-13-6-7-15-29(26)37(30,2)3)23-11-4-5-12-24(23)35(25)36-38-31-17-8-9-18-32(31)39-36/h4-9,12-24,27-28H,10-11,25-26H2,1-3H3;6-26H,1-5H3;4-21H,1-3H3. The number of nitrogens with zero attached hydrogens (tertiary/aromatic N) is 1. The van der Waals surface area contributed by atoms with Gasteiger partial charge in [-0.3, -0.25) is 0 Å². The fourth-order valence-electron chi connectivity index (χ4n) is 25.5. The van der Waals surface area contributed by atoms with Crippen molar-refractivity contribution in [3.05, 3.63) is 414 Å². The minimum Gasteiger partial charge on any atom is -0.236 e. The van der Waals surface area contributed by atoms with Crippen molar-refractivity contribution in [3.8, 4) is 122 Å². The third-order valence-electron chi connectivity index (χ3n) is 31.6. The molecule has 3 aliphatic heterocycles. The zero-order valence-corrected chi connectivity index (χ0v) is 79.1. The molecule has 1 nitrogen and oxygen atoms in total. The molecule has 27 rings (SSSR count). The van der Waals surface area contributed by atoms with E-state index in [4.69, 9.17) is 4.98 Å². The molecule has 20 aromatic carbocycles. The Hall–Kier alpha value is -13.7. The number of benzene rings is 20. The van der Waals surface area contributed by atoms with Crippen LogP contribution in [0.4, 0.5) is 0 Å². The van der Waals surface area contributed by atoms with Gasteiger partial charge in [-0.25, -0.2) is 4.98 Å². The zero-order chi connectivity index (χ0) is 88.5. The number of fused-ring (bicyclic) bond motifs is 24. The van der Waals surface area contributed by atoms with E-state index in [-0.39, 0.29) is 16.2 Å². The molecule has 0 radical (unpaired) electrons. The van der Waals surface area contributed by atoms with Crippen molar-refractivity contribution >= 4 is 123 Å². The van der Waals surface area contributed by atoms with E-state index in [2.05, 4.69) is 439 Å². The van der Waals surface area contributed by atoms with Gasteiger partial charge in [-0.2, -0.15) is 0 Å². The topological polar surface area (TPSA) is 12.9 Å². The van der Waals surface area contributed by atoms with Crippen LogP contribution >= 0.6 is 11.3 Å². The Kier molecular flexibility index (Phi) is 17.8. The van der Waals surface area contributed by atoms with Crippen LogP contribution in [0, 0.1) is 20.8 Å². The molecule has 131 heavy (non-hydrogen) atoms. The normalized spacial score (nSPS) is 15.2. The van der Waals surface area contributed by atoms with Crippen LogP contribution in [0.15, 0.2) is 364 Å². The second-order valence-electron chi connectivity index (χ2n) is 40.2. The second-order valence-corrected chi connectivity index (χ2v) is 49.8. The largest absolute Gasteiger partial charge is 0.236 e. The highest BCUT2D eigenvalue weighted by molar-refractivity contribution is 7.21. The van der Waals surface area contributed by atoms with Gasteiger partial charge in [0.2, 0.25) is 0 Å². The molecule has 21 aromatic rings.